The first-order valence-corrected chi connectivity index (χ1v) is 7.36. The summed E-state index contributed by atoms with van der Waals surface area (Å²) in [5, 5.41) is 19.4. The monoisotopic (exact) mass is 289 g/mol. The molecule has 0 saturated carbocycles. The predicted molar refractivity (Wildman–Crippen MR) is 84.2 cm³/mol. The summed E-state index contributed by atoms with van der Waals surface area (Å²) in [5.41, 5.74) is 4.77. The third-order valence-corrected chi connectivity index (χ3v) is 4.17. The third-order valence-electron chi connectivity index (χ3n) is 4.17. The molecule has 0 atom stereocenters. The van der Waals surface area contributed by atoms with Crippen LogP contribution in [0.3, 0.4) is 0 Å². The van der Waals surface area contributed by atoms with Gasteiger partial charge in [0.25, 0.3) is 0 Å². The molecular weight excluding hydrogens is 266 g/mol. The number of benzene rings is 1. The number of carboxylic acids is 1. The van der Waals surface area contributed by atoms with Crippen molar-refractivity contribution < 1.29 is 15.0 Å². The number of aliphatic hydroxyl groups is 1. The number of carboxylic acid groups (broad SMARTS) is 1. The van der Waals surface area contributed by atoms with Crippen LogP contribution in [0.2, 0.25) is 0 Å². The normalized spacial score (nSPS) is 11.5. The molecular formula is C17H23NO3. The van der Waals surface area contributed by atoms with Crippen molar-refractivity contribution in [3.05, 3.63) is 34.5 Å². The van der Waals surface area contributed by atoms with Crippen LogP contribution in [0.5, 0.6) is 0 Å². The highest BCUT2D eigenvalue weighted by Gasteiger charge is 2.19. The summed E-state index contributed by atoms with van der Waals surface area (Å²) in [6, 6.07) is 3.55. The Morgan fingerprint density at radius 3 is 2.48 bits per heavy atom. The molecule has 4 heteroatoms. The number of aromatic nitrogens is 1. The lowest BCUT2D eigenvalue weighted by atomic mass is 9.96. The SMILES string of the molecule is Cc1c(C)n(CCCO)c2c(C(C)C)cc(C(=O)O)cc12. The van der Waals surface area contributed by atoms with Crippen LogP contribution in [0.4, 0.5) is 0 Å². The largest absolute Gasteiger partial charge is 0.478 e. The minimum Gasteiger partial charge on any atom is -0.478 e. The van der Waals surface area contributed by atoms with Crippen molar-refractivity contribution in [1.29, 1.82) is 0 Å². The number of carbonyl (C=O) groups is 1. The van der Waals surface area contributed by atoms with Crippen LogP contribution in [0.25, 0.3) is 10.9 Å². The van der Waals surface area contributed by atoms with Crippen molar-refractivity contribution in [2.24, 2.45) is 0 Å². The Morgan fingerprint density at radius 1 is 1.29 bits per heavy atom. The first kappa shape index (κ1) is 15.6. The molecule has 0 amide bonds. The second-order valence-electron chi connectivity index (χ2n) is 5.86. The van der Waals surface area contributed by atoms with E-state index >= 15 is 0 Å². The highest BCUT2D eigenvalue weighted by Crippen LogP contribution is 2.33. The molecule has 1 aromatic heterocycles. The molecule has 2 rings (SSSR count). The molecule has 21 heavy (non-hydrogen) atoms. The minimum absolute atomic E-state index is 0.155. The van der Waals surface area contributed by atoms with Crippen LogP contribution in [-0.4, -0.2) is 27.4 Å². The molecule has 4 nitrogen and oxygen atoms in total. The lowest BCUT2D eigenvalue weighted by Gasteiger charge is -2.14. The van der Waals surface area contributed by atoms with E-state index in [9.17, 15) is 9.90 Å². The van der Waals surface area contributed by atoms with Gasteiger partial charge in [0.2, 0.25) is 0 Å². The molecule has 0 aliphatic rings. The molecule has 0 aliphatic carbocycles. The summed E-state index contributed by atoms with van der Waals surface area (Å²) >= 11 is 0. The summed E-state index contributed by atoms with van der Waals surface area (Å²) in [6.07, 6.45) is 0.697. The fraction of sp³-hybridized carbons (Fsp3) is 0.471. The molecule has 114 valence electrons. The second-order valence-corrected chi connectivity index (χ2v) is 5.86. The number of aliphatic hydroxyl groups excluding tert-OH is 1. The Kier molecular flexibility index (Phi) is 4.37. The fourth-order valence-electron chi connectivity index (χ4n) is 2.88. The van der Waals surface area contributed by atoms with E-state index in [4.69, 9.17) is 5.11 Å². The Balaban J connectivity index is 2.81. The molecule has 0 bridgehead atoms. The molecule has 0 saturated heterocycles. The average molecular weight is 289 g/mol. The molecule has 2 aromatic rings. The van der Waals surface area contributed by atoms with E-state index in [1.807, 2.05) is 6.92 Å². The molecule has 0 aliphatic heterocycles. The molecule has 1 aromatic carbocycles. The lowest BCUT2D eigenvalue weighted by molar-refractivity contribution is 0.0697. The van der Waals surface area contributed by atoms with Gasteiger partial charge in [0.1, 0.15) is 0 Å². The van der Waals surface area contributed by atoms with Crippen LogP contribution in [-0.2, 0) is 6.54 Å². The number of aromatic carboxylic acids is 1. The number of fused-ring (bicyclic) bond motifs is 1. The van der Waals surface area contributed by atoms with Crippen molar-refractivity contribution in [2.75, 3.05) is 6.61 Å². The zero-order valence-electron chi connectivity index (χ0n) is 13.1. The van der Waals surface area contributed by atoms with Crippen LogP contribution in [0.1, 0.15) is 53.4 Å². The van der Waals surface area contributed by atoms with Gasteiger partial charge < -0.3 is 14.8 Å². The van der Waals surface area contributed by atoms with Crippen molar-refractivity contribution in [1.82, 2.24) is 4.57 Å². The molecule has 0 fully saturated rings. The topological polar surface area (TPSA) is 62.5 Å². The zero-order chi connectivity index (χ0) is 15.7. The van der Waals surface area contributed by atoms with Gasteiger partial charge in [0.15, 0.2) is 0 Å². The van der Waals surface area contributed by atoms with Gasteiger partial charge in [-0.05, 0) is 49.4 Å². The van der Waals surface area contributed by atoms with E-state index in [1.54, 1.807) is 12.1 Å². The van der Waals surface area contributed by atoms with Gasteiger partial charge >= 0.3 is 5.97 Å². The number of hydrogen-bond donors (Lipinski definition) is 2. The summed E-state index contributed by atoms with van der Waals surface area (Å²) in [6.45, 7) is 9.14. The van der Waals surface area contributed by atoms with E-state index in [0.717, 1.165) is 34.3 Å². The maximum atomic E-state index is 11.4. The first-order valence-electron chi connectivity index (χ1n) is 7.36. The standard InChI is InChI=1S/C17H23NO3/c1-10(2)14-8-13(17(20)21)9-15-11(3)12(4)18(16(14)15)6-5-7-19/h8-10,19H,5-7H2,1-4H3,(H,20,21). The van der Waals surface area contributed by atoms with Gasteiger partial charge in [0.05, 0.1) is 11.1 Å². The minimum atomic E-state index is -0.890. The maximum Gasteiger partial charge on any atom is 0.335 e. The number of nitrogens with zero attached hydrogens (tertiary/aromatic N) is 1. The first-order chi connectivity index (χ1) is 9.88. The Morgan fingerprint density at radius 2 is 1.95 bits per heavy atom. The fourth-order valence-corrected chi connectivity index (χ4v) is 2.88. The summed E-state index contributed by atoms with van der Waals surface area (Å²) in [7, 11) is 0. The Labute approximate surface area is 125 Å². The van der Waals surface area contributed by atoms with Crippen molar-refractivity contribution in [3.8, 4) is 0 Å². The van der Waals surface area contributed by atoms with Crippen LogP contribution < -0.4 is 0 Å². The van der Waals surface area contributed by atoms with Gasteiger partial charge in [-0.3, -0.25) is 0 Å². The second kappa shape index (κ2) is 5.90. The summed E-state index contributed by atoms with van der Waals surface area (Å²) in [4.78, 5) is 11.4. The van der Waals surface area contributed by atoms with E-state index in [2.05, 4.69) is 25.3 Å². The molecule has 0 radical (unpaired) electrons. The molecule has 0 unspecified atom stereocenters. The third kappa shape index (κ3) is 2.68. The maximum absolute atomic E-state index is 11.4. The molecule has 2 N–H and O–H groups in total. The van der Waals surface area contributed by atoms with Gasteiger partial charge in [0, 0.05) is 24.2 Å². The number of aryl methyl sites for hydroxylation is 2. The van der Waals surface area contributed by atoms with E-state index in [-0.39, 0.29) is 12.5 Å². The number of hydrogen-bond acceptors (Lipinski definition) is 2. The summed E-state index contributed by atoms with van der Waals surface area (Å²) in [5.74, 6) is -0.646. The van der Waals surface area contributed by atoms with Crippen LogP contribution >= 0.6 is 0 Å². The van der Waals surface area contributed by atoms with Gasteiger partial charge in [-0.1, -0.05) is 13.8 Å². The highest BCUT2D eigenvalue weighted by molar-refractivity contribution is 5.97. The van der Waals surface area contributed by atoms with Gasteiger partial charge in [-0.15, -0.1) is 0 Å². The van der Waals surface area contributed by atoms with Crippen molar-refractivity contribution in [2.45, 2.75) is 46.6 Å². The quantitative estimate of drug-likeness (QED) is 0.886. The van der Waals surface area contributed by atoms with Gasteiger partial charge in [-0.2, -0.15) is 0 Å². The number of rotatable bonds is 5. The molecule has 1 heterocycles. The smallest absolute Gasteiger partial charge is 0.335 e. The predicted octanol–water partition coefficient (Wildman–Crippen LogP) is 3.46. The van der Waals surface area contributed by atoms with Crippen LogP contribution in [0.15, 0.2) is 12.1 Å². The van der Waals surface area contributed by atoms with Gasteiger partial charge in [-0.25, -0.2) is 4.79 Å². The average Bonchev–Trinajstić information content (AvgIpc) is 2.68. The molecule has 0 spiro atoms. The van der Waals surface area contributed by atoms with E-state index in [0.29, 0.717) is 12.0 Å². The van der Waals surface area contributed by atoms with E-state index in [1.165, 1.54) is 0 Å². The Hall–Kier alpha value is -1.81. The Bertz CT molecular complexity index is 683. The van der Waals surface area contributed by atoms with Crippen molar-refractivity contribution in [3.63, 3.8) is 0 Å². The van der Waals surface area contributed by atoms with E-state index < -0.39 is 5.97 Å². The van der Waals surface area contributed by atoms with Crippen molar-refractivity contribution >= 4 is 16.9 Å². The highest BCUT2D eigenvalue weighted by atomic mass is 16.4. The van der Waals surface area contributed by atoms with Crippen LogP contribution in [0, 0.1) is 13.8 Å². The zero-order valence-corrected chi connectivity index (χ0v) is 13.1. The summed E-state index contributed by atoms with van der Waals surface area (Å²) < 4.78 is 2.21. The lowest BCUT2D eigenvalue weighted by Crippen LogP contribution is -2.06.